The average Bonchev–Trinajstić information content (AvgIpc) is 2.91. The summed E-state index contributed by atoms with van der Waals surface area (Å²) in [6.07, 6.45) is 1.65. The average molecular weight is 349 g/mol. The first kappa shape index (κ1) is 18.5. The molecular formula is C18H25ClN4O. The van der Waals surface area contributed by atoms with E-state index in [4.69, 9.17) is 11.6 Å². The second-order valence-corrected chi connectivity index (χ2v) is 6.17. The number of imidazole rings is 1. The first-order valence-corrected chi connectivity index (χ1v) is 8.61. The second kappa shape index (κ2) is 8.31. The Balaban J connectivity index is 2.20. The monoisotopic (exact) mass is 348 g/mol. The number of benzene rings is 1. The van der Waals surface area contributed by atoms with Gasteiger partial charge in [-0.05, 0) is 31.6 Å². The van der Waals surface area contributed by atoms with Crippen LogP contribution in [-0.4, -0.2) is 40.0 Å². The lowest BCUT2D eigenvalue weighted by Crippen LogP contribution is -2.38. The Hall–Kier alpha value is -1.85. The number of hydrogen-bond acceptors (Lipinski definition) is 3. The van der Waals surface area contributed by atoms with Gasteiger partial charge in [0.25, 0.3) is 5.91 Å². The number of amides is 1. The number of nitrogens with zero attached hydrogens (tertiary/aromatic N) is 3. The van der Waals surface area contributed by atoms with Gasteiger partial charge in [-0.25, -0.2) is 4.98 Å². The van der Waals surface area contributed by atoms with E-state index in [0.29, 0.717) is 12.2 Å². The van der Waals surface area contributed by atoms with Crippen LogP contribution in [0.2, 0.25) is 5.02 Å². The molecule has 0 saturated carbocycles. The van der Waals surface area contributed by atoms with E-state index >= 15 is 0 Å². The molecule has 0 radical (unpaired) electrons. The zero-order valence-corrected chi connectivity index (χ0v) is 15.5. The number of carbonyl (C=O) groups excluding carboxylic acids is 1. The summed E-state index contributed by atoms with van der Waals surface area (Å²) in [5, 5.41) is 3.76. The van der Waals surface area contributed by atoms with Crippen molar-refractivity contribution in [1.29, 1.82) is 0 Å². The largest absolute Gasteiger partial charge is 0.349 e. The first-order chi connectivity index (χ1) is 11.5. The summed E-state index contributed by atoms with van der Waals surface area (Å²) in [4.78, 5) is 19.0. The highest BCUT2D eigenvalue weighted by molar-refractivity contribution is 6.31. The summed E-state index contributed by atoms with van der Waals surface area (Å²) in [7, 11) is 1.82. The molecule has 0 bridgehead atoms. The van der Waals surface area contributed by atoms with E-state index in [2.05, 4.69) is 29.0 Å². The molecule has 0 aliphatic rings. The number of carbonyl (C=O) groups is 1. The van der Waals surface area contributed by atoms with Gasteiger partial charge in [-0.15, -0.1) is 0 Å². The van der Waals surface area contributed by atoms with Gasteiger partial charge in [-0.1, -0.05) is 43.6 Å². The summed E-state index contributed by atoms with van der Waals surface area (Å²) < 4.78 is 1.74. The third kappa shape index (κ3) is 3.97. The summed E-state index contributed by atoms with van der Waals surface area (Å²) in [6, 6.07) is 7.84. The normalized spacial score (nSPS) is 12.4. The van der Waals surface area contributed by atoms with Gasteiger partial charge in [0.05, 0.1) is 18.1 Å². The molecule has 6 heteroatoms. The van der Waals surface area contributed by atoms with Crippen molar-refractivity contribution in [3.8, 4) is 0 Å². The maximum Gasteiger partial charge on any atom is 0.269 e. The molecule has 1 amide bonds. The molecule has 0 spiro atoms. The SMILES string of the molecule is CCN(CC)[C@H](CNC(=O)c1c(C)ncn1C)c1ccccc1Cl. The molecule has 1 atom stereocenters. The van der Waals surface area contributed by atoms with E-state index < -0.39 is 0 Å². The highest BCUT2D eigenvalue weighted by atomic mass is 35.5. The van der Waals surface area contributed by atoms with Gasteiger partial charge >= 0.3 is 0 Å². The molecule has 5 nitrogen and oxygen atoms in total. The van der Waals surface area contributed by atoms with Crippen molar-refractivity contribution >= 4 is 17.5 Å². The molecule has 1 heterocycles. The minimum Gasteiger partial charge on any atom is -0.349 e. The van der Waals surface area contributed by atoms with E-state index in [1.165, 1.54) is 0 Å². The Morgan fingerprint density at radius 1 is 1.33 bits per heavy atom. The minimum absolute atomic E-state index is 0.0335. The van der Waals surface area contributed by atoms with Gasteiger partial charge in [0.15, 0.2) is 0 Å². The van der Waals surface area contributed by atoms with E-state index in [1.54, 1.807) is 10.9 Å². The molecule has 0 unspecified atom stereocenters. The van der Waals surface area contributed by atoms with Crippen molar-refractivity contribution in [2.24, 2.45) is 7.05 Å². The number of halogens is 1. The molecule has 0 aliphatic heterocycles. The second-order valence-electron chi connectivity index (χ2n) is 5.76. The standard InChI is InChI=1S/C18H25ClN4O/c1-5-23(6-2)16(14-9-7-8-10-15(14)19)11-20-18(24)17-13(3)21-12-22(17)4/h7-10,12,16H,5-6,11H2,1-4H3,(H,20,24)/t16-/m1/s1. The third-order valence-electron chi connectivity index (χ3n) is 4.31. The molecular weight excluding hydrogens is 324 g/mol. The van der Waals surface area contributed by atoms with Crippen LogP contribution in [0.25, 0.3) is 0 Å². The maximum absolute atomic E-state index is 12.5. The Bertz CT molecular complexity index is 675. The lowest BCUT2D eigenvalue weighted by atomic mass is 10.0. The van der Waals surface area contributed by atoms with Crippen LogP contribution < -0.4 is 5.32 Å². The zero-order chi connectivity index (χ0) is 17.7. The Kier molecular flexibility index (Phi) is 6.40. The molecule has 0 aliphatic carbocycles. The first-order valence-electron chi connectivity index (χ1n) is 8.24. The van der Waals surface area contributed by atoms with Gasteiger partial charge in [-0.3, -0.25) is 9.69 Å². The van der Waals surface area contributed by atoms with Crippen molar-refractivity contribution in [1.82, 2.24) is 19.8 Å². The number of likely N-dealkylation sites (N-methyl/N-ethyl adjacent to an activating group) is 1. The van der Waals surface area contributed by atoms with Crippen LogP contribution in [0, 0.1) is 6.92 Å². The smallest absolute Gasteiger partial charge is 0.269 e. The number of aryl methyl sites for hydroxylation is 2. The quantitative estimate of drug-likeness (QED) is 0.836. The summed E-state index contributed by atoms with van der Waals surface area (Å²) in [5.41, 5.74) is 2.35. The van der Waals surface area contributed by atoms with Gasteiger partial charge in [0.1, 0.15) is 5.69 Å². The van der Waals surface area contributed by atoms with Crippen molar-refractivity contribution in [2.75, 3.05) is 19.6 Å². The molecule has 2 aromatic rings. The zero-order valence-electron chi connectivity index (χ0n) is 14.7. The fourth-order valence-electron chi connectivity index (χ4n) is 2.99. The predicted octanol–water partition coefficient (Wildman–Crippen LogP) is 3.19. The van der Waals surface area contributed by atoms with Crippen LogP contribution in [0.5, 0.6) is 0 Å². The Labute approximate surface area is 148 Å². The molecule has 0 fully saturated rings. The molecule has 0 saturated heterocycles. The van der Waals surface area contributed by atoms with Gasteiger partial charge in [-0.2, -0.15) is 0 Å². The van der Waals surface area contributed by atoms with Crippen molar-refractivity contribution in [2.45, 2.75) is 26.8 Å². The summed E-state index contributed by atoms with van der Waals surface area (Å²) >= 11 is 6.39. The lowest BCUT2D eigenvalue weighted by Gasteiger charge is -2.31. The lowest BCUT2D eigenvalue weighted by molar-refractivity contribution is 0.0926. The number of rotatable bonds is 7. The molecule has 24 heavy (non-hydrogen) atoms. The maximum atomic E-state index is 12.5. The van der Waals surface area contributed by atoms with Crippen LogP contribution in [0.1, 0.15) is 41.6 Å². The van der Waals surface area contributed by atoms with Gasteiger partial charge in [0.2, 0.25) is 0 Å². The van der Waals surface area contributed by atoms with E-state index in [9.17, 15) is 4.79 Å². The Morgan fingerprint density at radius 3 is 2.54 bits per heavy atom. The van der Waals surface area contributed by atoms with Crippen molar-refractivity contribution in [3.05, 3.63) is 52.6 Å². The van der Waals surface area contributed by atoms with Gasteiger partial charge in [0, 0.05) is 18.6 Å². The number of nitrogens with one attached hydrogen (secondary N) is 1. The summed E-state index contributed by atoms with van der Waals surface area (Å²) in [5.74, 6) is -0.114. The van der Waals surface area contributed by atoms with Gasteiger partial charge < -0.3 is 9.88 Å². The van der Waals surface area contributed by atoms with E-state index in [-0.39, 0.29) is 11.9 Å². The van der Waals surface area contributed by atoms with Crippen LogP contribution in [-0.2, 0) is 7.05 Å². The van der Waals surface area contributed by atoms with Crippen LogP contribution in [0.15, 0.2) is 30.6 Å². The number of aromatic nitrogens is 2. The fourth-order valence-corrected chi connectivity index (χ4v) is 3.25. The third-order valence-corrected chi connectivity index (χ3v) is 4.65. The topological polar surface area (TPSA) is 50.2 Å². The van der Waals surface area contributed by atoms with Crippen molar-refractivity contribution < 1.29 is 4.79 Å². The van der Waals surface area contributed by atoms with Crippen LogP contribution in [0.3, 0.4) is 0 Å². The molecule has 130 valence electrons. The molecule has 1 aromatic heterocycles. The molecule has 1 N–H and O–H groups in total. The summed E-state index contributed by atoms with van der Waals surface area (Å²) in [6.45, 7) is 8.32. The predicted molar refractivity (Wildman–Crippen MR) is 97.4 cm³/mol. The molecule has 1 aromatic carbocycles. The fraction of sp³-hybridized carbons (Fsp3) is 0.444. The van der Waals surface area contributed by atoms with E-state index in [1.807, 2.05) is 38.2 Å². The highest BCUT2D eigenvalue weighted by Crippen LogP contribution is 2.27. The van der Waals surface area contributed by atoms with Crippen molar-refractivity contribution in [3.63, 3.8) is 0 Å². The van der Waals surface area contributed by atoms with E-state index in [0.717, 1.165) is 29.4 Å². The molecule has 2 rings (SSSR count). The van der Waals surface area contributed by atoms with Crippen LogP contribution in [0.4, 0.5) is 0 Å². The number of hydrogen-bond donors (Lipinski definition) is 1. The highest BCUT2D eigenvalue weighted by Gasteiger charge is 2.22. The Morgan fingerprint density at radius 2 is 2.00 bits per heavy atom. The minimum atomic E-state index is -0.114. The van der Waals surface area contributed by atoms with Crippen LogP contribution >= 0.6 is 11.6 Å².